The first-order chi connectivity index (χ1) is 12.9. The molecular weight excluding hydrogens is 370 g/mol. The summed E-state index contributed by atoms with van der Waals surface area (Å²) in [5.74, 6) is 1.04. The van der Waals surface area contributed by atoms with Gasteiger partial charge in [-0.15, -0.1) is 0 Å². The summed E-state index contributed by atoms with van der Waals surface area (Å²) < 4.78 is 10.5. The third kappa shape index (κ3) is 3.39. The second-order valence-electron chi connectivity index (χ2n) is 7.50. The number of hydrogen-bond donors (Lipinski definition) is 2. The first kappa shape index (κ1) is 17.9. The van der Waals surface area contributed by atoms with E-state index >= 15 is 0 Å². The molecule has 27 heavy (non-hydrogen) atoms. The van der Waals surface area contributed by atoms with Gasteiger partial charge in [0, 0.05) is 16.6 Å². The van der Waals surface area contributed by atoms with Crippen LogP contribution in [0.4, 0.5) is 0 Å². The molecule has 0 spiro atoms. The third-order valence-corrected chi connectivity index (χ3v) is 5.75. The number of rotatable bonds is 7. The Morgan fingerprint density at radius 1 is 1.30 bits per heavy atom. The van der Waals surface area contributed by atoms with Crippen LogP contribution in [-0.4, -0.2) is 29.1 Å². The lowest BCUT2D eigenvalue weighted by Crippen LogP contribution is -2.78. The molecule has 142 valence electrons. The summed E-state index contributed by atoms with van der Waals surface area (Å²) in [6.07, 6.45) is 3.52. The van der Waals surface area contributed by atoms with E-state index in [9.17, 15) is 9.59 Å². The second-order valence-corrected chi connectivity index (χ2v) is 7.91. The van der Waals surface area contributed by atoms with Gasteiger partial charge in [0.05, 0.1) is 18.2 Å². The number of benzene rings is 1. The molecule has 0 unspecified atom stereocenters. The van der Waals surface area contributed by atoms with Crippen LogP contribution in [0.2, 0.25) is 5.02 Å². The number of carbonyl (C=O) groups is 2. The van der Waals surface area contributed by atoms with Gasteiger partial charge in [-0.2, -0.15) is 0 Å². The van der Waals surface area contributed by atoms with Crippen molar-refractivity contribution in [1.29, 1.82) is 0 Å². The van der Waals surface area contributed by atoms with Crippen LogP contribution in [0.3, 0.4) is 0 Å². The van der Waals surface area contributed by atoms with E-state index < -0.39 is 0 Å². The minimum atomic E-state index is -0.360. The van der Waals surface area contributed by atoms with Crippen molar-refractivity contribution < 1.29 is 18.8 Å². The summed E-state index contributed by atoms with van der Waals surface area (Å²) in [6.45, 7) is 2.14. The van der Waals surface area contributed by atoms with E-state index in [1.165, 1.54) is 0 Å². The van der Waals surface area contributed by atoms with E-state index in [0.717, 1.165) is 5.56 Å². The van der Waals surface area contributed by atoms with E-state index in [-0.39, 0.29) is 29.4 Å². The predicted octanol–water partition coefficient (Wildman–Crippen LogP) is 2.37. The topological polar surface area (TPSA) is 93.5 Å². The molecular formula is C19H20ClN3O4. The average Bonchev–Trinajstić information content (AvgIpc) is 3.09. The van der Waals surface area contributed by atoms with E-state index in [1.54, 1.807) is 30.5 Å². The van der Waals surface area contributed by atoms with Gasteiger partial charge in [-0.25, -0.2) is 0 Å². The molecule has 2 amide bonds. The van der Waals surface area contributed by atoms with Crippen LogP contribution in [0.5, 0.6) is 5.75 Å². The summed E-state index contributed by atoms with van der Waals surface area (Å²) in [5, 5.41) is 10.1. The quantitative estimate of drug-likeness (QED) is 0.758. The van der Waals surface area contributed by atoms with E-state index in [1.807, 2.05) is 6.92 Å². The highest BCUT2D eigenvalue weighted by atomic mass is 35.5. The molecule has 3 aliphatic rings. The fourth-order valence-electron chi connectivity index (χ4n) is 4.04. The van der Waals surface area contributed by atoms with Crippen molar-refractivity contribution in [3.63, 3.8) is 0 Å². The van der Waals surface area contributed by atoms with Gasteiger partial charge in [0.15, 0.2) is 12.4 Å². The van der Waals surface area contributed by atoms with Gasteiger partial charge < -0.3 is 19.9 Å². The normalized spacial score (nSPS) is 25.1. The third-order valence-electron chi connectivity index (χ3n) is 5.33. The minimum Gasteiger partial charge on any atom is -0.484 e. The number of ether oxygens (including phenoxy) is 1. The summed E-state index contributed by atoms with van der Waals surface area (Å²) in [5.41, 5.74) is 0.272. The highest BCUT2D eigenvalue weighted by Crippen LogP contribution is 2.67. The summed E-state index contributed by atoms with van der Waals surface area (Å²) in [4.78, 5) is 24.5. The fraction of sp³-hybridized carbons (Fsp3) is 0.421. The largest absolute Gasteiger partial charge is 0.484 e. The molecule has 1 aromatic heterocycles. The molecule has 2 N–H and O–H groups in total. The van der Waals surface area contributed by atoms with Crippen molar-refractivity contribution in [1.82, 2.24) is 15.8 Å². The van der Waals surface area contributed by atoms with Crippen molar-refractivity contribution in [2.45, 2.75) is 38.3 Å². The molecule has 5 rings (SSSR count). The van der Waals surface area contributed by atoms with Gasteiger partial charge in [-0.05, 0) is 49.9 Å². The van der Waals surface area contributed by atoms with Crippen LogP contribution in [0.1, 0.15) is 30.6 Å². The van der Waals surface area contributed by atoms with Crippen LogP contribution in [0.25, 0.3) is 0 Å². The van der Waals surface area contributed by atoms with Crippen molar-refractivity contribution in [2.75, 3.05) is 6.61 Å². The van der Waals surface area contributed by atoms with Crippen LogP contribution < -0.4 is 15.4 Å². The zero-order valence-electron chi connectivity index (χ0n) is 14.9. The molecule has 0 atom stereocenters. The zero-order valence-corrected chi connectivity index (χ0v) is 15.6. The number of amides is 2. The van der Waals surface area contributed by atoms with E-state index in [4.69, 9.17) is 20.9 Å². The second kappa shape index (κ2) is 6.56. The highest BCUT2D eigenvalue weighted by Gasteiger charge is 2.72. The molecule has 2 bridgehead atoms. The number of nitrogens with zero attached hydrogens (tertiary/aromatic N) is 1. The van der Waals surface area contributed by atoms with E-state index in [2.05, 4.69) is 15.8 Å². The molecule has 3 saturated carbocycles. The number of carbonyl (C=O) groups excluding carboxylic acids is 2. The molecule has 2 aromatic rings. The predicted molar refractivity (Wildman–Crippen MR) is 97.2 cm³/mol. The zero-order chi connectivity index (χ0) is 19.1. The maximum Gasteiger partial charge on any atom is 0.258 e. The van der Waals surface area contributed by atoms with Gasteiger partial charge in [0.1, 0.15) is 5.75 Å². The van der Waals surface area contributed by atoms with E-state index in [0.29, 0.717) is 42.3 Å². The summed E-state index contributed by atoms with van der Waals surface area (Å²) in [6, 6.07) is 6.99. The van der Waals surface area contributed by atoms with Crippen LogP contribution in [-0.2, 0) is 16.1 Å². The highest BCUT2D eigenvalue weighted by molar-refractivity contribution is 6.31. The van der Waals surface area contributed by atoms with Crippen LogP contribution >= 0.6 is 11.6 Å². The lowest BCUT2D eigenvalue weighted by atomic mass is 9.39. The molecule has 1 aromatic carbocycles. The number of nitrogens with one attached hydrogen (secondary N) is 2. The van der Waals surface area contributed by atoms with Crippen LogP contribution in [0.15, 0.2) is 35.0 Å². The Balaban J connectivity index is 1.21. The molecule has 3 aliphatic carbocycles. The Bertz CT molecular complexity index is 861. The standard InChI is InChI=1S/C19H20ClN3O4/c1-12-6-13(2-3-15(12)20)26-8-16(24)23-19-9-18(10-19,11-19)17(25)21-7-14-4-5-22-27-14/h2-6H,7-11H2,1H3,(H,21,25)(H,23,24). The molecule has 0 saturated heterocycles. The number of aryl methyl sites for hydroxylation is 1. The number of halogens is 1. The van der Waals surface area contributed by atoms with Gasteiger partial charge in [0.2, 0.25) is 5.91 Å². The van der Waals surface area contributed by atoms with Gasteiger partial charge in [0.25, 0.3) is 5.91 Å². The Labute approximate surface area is 161 Å². The van der Waals surface area contributed by atoms with Gasteiger partial charge in [-0.3, -0.25) is 9.59 Å². The molecule has 8 heteroatoms. The average molecular weight is 390 g/mol. The Morgan fingerprint density at radius 2 is 2.07 bits per heavy atom. The van der Waals surface area contributed by atoms with Crippen molar-refractivity contribution >= 4 is 23.4 Å². The molecule has 3 fully saturated rings. The fourth-order valence-corrected chi connectivity index (χ4v) is 4.15. The maximum absolute atomic E-state index is 12.4. The molecule has 0 aliphatic heterocycles. The van der Waals surface area contributed by atoms with Gasteiger partial charge >= 0.3 is 0 Å². The first-order valence-electron chi connectivity index (χ1n) is 8.78. The monoisotopic (exact) mass is 389 g/mol. The van der Waals surface area contributed by atoms with Crippen molar-refractivity contribution in [3.05, 3.63) is 46.8 Å². The maximum atomic E-state index is 12.4. The summed E-state index contributed by atoms with van der Waals surface area (Å²) >= 11 is 5.98. The summed E-state index contributed by atoms with van der Waals surface area (Å²) in [7, 11) is 0. The number of hydrogen-bond acceptors (Lipinski definition) is 5. The smallest absolute Gasteiger partial charge is 0.258 e. The minimum absolute atomic E-state index is 0.00270. The lowest BCUT2D eigenvalue weighted by Gasteiger charge is -2.69. The Kier molecular flexibility index (Phi) is 4.34. The van der Waals surface area contributed by atoms with Crippen molar-refractivity contribution in [3.8, 4) is 5.75 Å². The molecule has 0 radical (unpaired) electrons. The molecule has 1 heterocycles. The Morgan fingerprint density at radius 3 is 2.74 bits per heavy atom. The molecule has 7 nitrogen and oxygen atoms in total. The van der Waals surface area contributed by atoms with Crippen molar-refractivity contribution in [2.24, 2.45) is 5.41 Å². The SMILES string of the molecule is Cc1cc(OCC(=O)NC23CC(C(=O)NCc4ccno4)(C2)C3)ccc1Cl. The van der Waals surface area contributed by atoms with Gasteiger partial charge in [-0.1, -0.05) is 16.8 Å². The van der Waals surface area contributed by atoms with Crippen LogP contribution in [0, 0.1) is 12.3 Å². The lowest BCUT2D eigenvalue weighted by molar-refractivity contribution is -0.184. The Hall–Kier alpha value is -2.54. The number of aromatic nitrogens is 1. The first-order valence-corrected chi connectivity index (χ1v) is 9.15.